The molecule has 6 nitrogen and oxygen atoms in total. The van der Waals surface area contributed by atoms with Crippen molar-refractivity contribution in [3.05, 3.63) is 33.8 Å². The maximum absolute atomic E-state index is 12.2. The van der Waals surface area contributed by atoms with Crippen molar-refractivity contribution in [1.29, 1.82) is 0 Å². The van der Waals surface area contributed by atoms with Gasteiger partial charge >= 0.3 is 5.97 Å². The number of hydrogen-bond acceptors (Lipinski definition) is 4. The van der Waals surface area contributed by atoms with E-state index >= 15 is 0 Å². The highest BCUT2D eigenvalue weighted by molar-refractivity contribution is 6.35. The minimum absolute atomic E-state index is 0.0806. The molecular weight excluding hydrogens is 343 g/mol. The van der Waals surface area contributed by atoms with Crippen molar-refractivity contribution in [2.75, 3.05) is 13.2 Å². The summed E-state index contributed by atoms with van der Waals surface area (Å²) in [6.45, 7) is -0.0621. The topological polar surface area (TPSA) is 89.7 Å². The third-order valence-corrected chi connectivity index (χ3v) is 4.19. The molecule has 2 N–H and O–H groups in total. The highest BCUT2D eigenvalue weighted by Gasteiger charge is 2.31. The maximum Gasteiger partial charge on any atom is 0.340 e. The molecule has 0 spiro atoms. The molecular formula is C15H16Cl2N2O4. The molecule has 1 heterocycles. The summed E-state index contributed by atoms with van der Waals surface area (Å²) in [4.78, 5) is 36.9. The van der Waals surface area contributed by atoms with Gasteiger partial charge in [-0.2, -0.15) is 0 Å². The second kappa shape index (κ2) is 7.66. The summed E-state index contributed by atoms with van der Waals surface area (Å²) < 4.78 is 4.98. The molecule has 0 saturated carbocycles. The van der Waals surface area contributed by atoms with Gasteiger partial charge in [0.25, 0.3) is 5.91 Å². The third-order valence-electron chi connectivity index (χ3n) is 3.63. The molecule has 124 valence electrons. The van der Waals surface area contributed by atoms with Crippen LogP contribution in [-0.2, 0) is 14.3 Å². The molecule has 1 aromatic carbocycles. The number of ether oxygens (including phenoxy) is 1. The van der Waals surface area contributed by atoms with E-state index in [1.807, 2.05) is 0 Å². The number of primary amides is 1. The van der Waals surface area contributed by atoms with Crippen LogP contribution in [0, 0.1) is 0 Å². The van der Waals surface area contributed by atoms with Crippen LogP contribution in [0.5, 0.6) is 0 Å². The number of nitrogens with zero attached hydrogens (tertiary/aromatic N) is 1. The van der Waals surface area contributed by atoms with Crippen molar-refractivity contribution in [1.82, 2.24) is 4.90 Å². The summed E-state index contributed by atoms with van der Waals surface area (Å²) in [7, 11) is 0. The molecule has 0 bridgehead atoms. The van der Waals surface area contributed by atoms with Crippen LogP contribution in [0.3, 0.4) is 0 Å². The first-order chi connectivity index (χ1) is 10.9. The number of amides is 2. The van der Waals surface area contributed by atoms with E-state index < -0.39 is 30.4 Å². The van der Waals surface area contributed by atoms with Crippen LogP contribution < -0.4 is 5.73 Å². The van der Waals surface area contributed by atoms with Crippen LogP contribution in [0.1, 0.15) is 29.6 Å². The number of likely N-dealkylation sites (tertiary alicyclic amines) is 1. The van der Waals surface area contributed by atoms with Gasteiger partial charge in [0.15, 0.2) is 6.61 Å². The molecule has 0 radical (unpaired) electrons. The Balaban J connectivity index is 1.99. The zero-order valence-electron chi connectivity index (χ0n) is 12.3. The molecule has 1 saturated heterocycles. The number of halogens is 2. The lowest BCUT2D eigenvalue weighted by Gasteiger charge is -2.33. The molecule has 0 aromatic heterocycles. The second-order valence-corrected chi connectivity index (χ2v) is 6.05. The Labute approximate surface area is 143 Å². The van der Waals surface area contributed by atoms with E-state index in [2.05, 4.69) is 0 Å². The van der Waals surface area contributed by atoms with Gasteiger partial charge in [-0.1, -0.05) is 23.2 Å². The Bertz CT molecular complexity index is 636. The highest BCUT2D eigenvalue weighted by atomic mass is 35.5. The summed E-state index contributed by atoms with van der Waals surface area (Å²) >= 11 is 11.7. The number of benzene rings is 1. The lowest BCUT2D eigenvalue weighted by Crippen LogP contribution is -2.51. The third kappa shape index (κ3) is 4.36. The molecule has 1 atom stereocenters. The summed E-state index contributed by atoms with van der Waals surface area (Å²) in [6.07, 6.45) is 2.13. The molecule has 0 unspecified atom stereocenters. The SMILES string of the molecule is NC(=O)[C@H]1CCCCN1C(=O)COC(=O)c1cc(Cl)ccc1Cl. The van der Waals surface area contributed by atoms with Crippen molar-refractivity contribution in [2.24, 2.45) is 5.73 Å². The van der Waals surface area contributed by atoms with E-state index in [0.29, 0.717) is 18.0 Å². The number of rotatable bonds is 4. The first kappa shape index (κ1) is 17.6. The van der Waals surface area contributed by atoms with Crippen molar-refractivity contribution in [3.8, 4) is 0 Å². The smallest absolute Gasteiger partial charge is 0.340 e. The van der Waals surface area contributed by atoms with Gasteiger partial charge in [0.05, 0.1) is 10.6 Å². The van der Waals surface area contributed by atoms with Crippen LogP contribution in [0.15, 0.2) is 18.2 Å². The highest BCUT2D eigenvalue weighted by Crippen LogP contribution is 2.22. The number of carbonyl (C=O) groups excluding carboxylic acids is 3. The average Bonchev–Trinajstić information content (AvgIpc) is 2.54. The van der Waals surface area contributed by atoms with Gasteiger partial charge in [-0.25, -0.2) is 4.79 Å². The summed E-state index contributed by atoms with van der Waals surface area (Å²) in [6, 6.07) is 3.72. The zero-order valence-corrected chi connectivity index (χ0v) is 13.8. The fourth-order valence-electron chi connectivity index (χ4n) is 2.47. The standard InChI is InChI=1S/C15H16Cl2N2O4/c16-9-4-5-11(17)10(7-9)15(22)23-8-13(20)19-6-2-1-3-12(19)14(18)21/h4-5,7,12H,1-3,6,8H2,(H2,18,21)/t12-/m1/s1. The summed E-state index contributed by atoms with van der Waals surface area (Å²) in [5.41, 5.74) is 5.39. The van der Waals surface area contributed by atoms with Crippen molar-refractivity contribution < 1.29 is 19.1 Å². The van der Waals surface area contributed by atoms with E-state index in [-0.39, 0.29) is 10.6 Å². The van der Waals surface area contributed by atoms with Gasteiger partial charge in [0, 0.05) is 11.6 Å². The van der Waals surface area contributed by atoms with Crippen molar-refractivity contribution in [3.63, 3.8) is 0 Å². The number of piperidine rings is 1. The van der Waals surface area contributed by atoms with E-state index in [0.717, 1.165) is 12.8 Å². The monoisotopic (exact) mass is 358 g/mol. The summed E-state index contributed by atoms with van der Waals surface area (Å²) in [5.74, 6) is -1.76. The van der Waals surface area contributed by atoms with Gasteiger partial charge in [0.2, 0.25) is 5.91 Å². The van der Waals surface area contributed by atoms with E-state index in [1.54, 1.807) is 0 Å². The van der Waals surface area contributed by atoms with Gasteiger partial charge in [-0.15, -0.1) is 0 Å². The fraction of sp³-hybridized carbons (Fsp3) is 0.400. The maximum atomic E-state index is 12.2. The Morgan fingerprint density at radius 1 is 1.26 bits per heavy atom. The molecule has 1 aromatic rings. The van der Waals surface area contributed by atoms with Gasteiger partial charge < -0.3 is 15.4 Å². The minimum atomic E-state index is -0.751. The molecule has 8 heteroatoms. The van der Waals surface area contributed by atoms with Crippen LogP contribution >= 0.6 is 23.2 Å². The van der Waals surface area contributed by atoms with E-state index in [4.69, 9.17) is 33.7 Å². The number of hydrogen-bond donors (Lipinski definition) is 1. The van der Waals surface area contributed by atoms with E-state index in [9.17, 15) is 14.4 Å². The molecule has 1 aliphatic heterocycles. The lowest BCUT2D eigenvalue weighted by molar-refractivity contribution is -0.143. The predicted octanol–water partition coefficient (Wildman–Crippen LogP) is 2.02. The Morgan fingerprint density at radius 2 is 2.00 bits per heavy atom. The Morgan fingerprint density at radius 3 is 2.70 bits per heavy atom. The largest absolute Gasteiger partial charge is 0.452 e. The predicted molar refractivity (Wildman–Crippen MR) is 85.3 cm³/mol. The van der Waals surface area contributed by atoms with Crippen molar-refractivity contribution in [2.45, 2.75) is 25.3 Å². The molecule has 1 aliphatic rings. The van der Waals surface area contributed by atoms with Crippen LogP contribution in [0.25, 0.3) is 0 Å². The van der Waals surface area contributed by atoms with Crippen LogP contribution in [0.4, 0.5) is 0 Å². The number of carbonyl (C=O) groups is 3. The molecule has 2 rings (SSSR count). The molecule has 1 fully saturated rings. The van der Waals surface area contributed by atoms with Gasteiger partial charge in [-0.3, -0.25) is 9.59 Å². The minimum Gasteiger partial charge on any atom is -0.452 e. The normalized spacial score (nSPS) is 17.7. The van der Waals surface area contributed by atoms with Crippen LogP contribution in [0.2, 0.25) is 10.0 Å². The zero-order chi connectivity index (χ0) is 17.0. The molecule has 2 amide bonds. The lowest BCUT2D eigenvalue weighted by atomic mass is 10.0. The van der Waals surface area contributed by atoms with Gasteiger partial charge in [-0.05, 0) is 37.5 Å². The first-order valence-electron chi connectivity index (χ1n) is 7.11. The Hall–Kier alpha value is -1.79. The number of esters is 1. The second-order valence-electron chi connectivity index (χ2n) is 5.20. The number of nitrogens with two attached hydrogens (primary N) is 1. The van der Waals surface area contributed by atoms with Crippen molar-refractivity contribution >= 4 is 41.0 Å². The van der Waals surface area contributed by atoms with Crippen LogP contribution in [-0.4, -0.2) is 41.9 Å². The first-order valence-corrected chi connectivity index (χ1v) is 7.86. The van der Waals surface area contributed by atoms with Gasteiger partial charge in [0.1, 0.15) is 6.04 Å². The average molecular weight is 359 g/mol. The Kier molecular flexibility index (Phi) is 5.85. The quantitative estimate of drug-likeness (QED) is 0.833. The molecule has 0 aliphatic carbocycles. The summed E-state index contributed by atoms with van der Waals surface area (Å²) in [5, 5.41) is 0.511. The molecule has 23 heavy (non-hydrogen) atoms. The fourth-order valence-corrected chi connectivity index (χ4v) is 2.83. The van der Waals surface area contributed by atoms with E-state index in [1.165, 1.54) is 23.1 Å².